The normalized spacial score (nSPS) is 32.0. The SMILES string of the molecule is CCC1CC(C(=O)O)C(C(=O)NCC(C)C2CC2)C1. The molecule has 0 heterocycles. The van der Waals surface area contributed by atoms with E-state index in [1.807, 2.05) is 0 Å². The van der Waals surface area contributed by atoms with E-state index in [9.17, 15) is 14.7 Å². The monoisotopic (exact) mass is 267 g/mol. The first-order valence-corrected chi connectivity index (χ1v) is 7.53. The van der Waals surface area contributed by atoms with Crippen LogP contribution in [0, 0.1) is 29.6 Å². The lowest BCUT2D eigenvalue weighted by Gasteiger charge is -2.17. The van der Waals surface area contributed by atoms with E-state index in [2.05, 4.69) is 19.2 Å². The van der Waals surface area contributed by atoms with Crippen LogP contribution in [0.25, 0.3) is 0 Å². The number of aliphatic carboxylic acids is 1. The van der Waals surface area contributed by atoms with Gasteiger partial charge in [-0.15, -0.1) is 0 Å². The predicted molar refractivity (Wildman–Crippen MR) is 72.5 cm³/mol. The highest BCUT2D eigenvalue weighted by Gasteiger charge is 2.42. The molecule has 4 unspecified atom stereocenters. The maximum Gasteiger partial charge on any atom is 0.307 e. The smallest absolute Gasteiger partial charge is 0.307 e. The van der Waals surface area contributed by atoms with Gasteiger partial charge in [-0.3, -0.25) is 9.59 Å². The summed E-state index contributed by atoms with van der Waals surface area (Å²) >= 11 is 0. The Labute approximate surface area is 115 Å². The van der Waals surface area contributed by atoms with Crippen molar-refractivity contribution in [1.29, 1.82) is 0 Å². The van der Waals surface area contributed by atoms with E-state index in [-0.39, 0.29) is 11.8 Å². The molecule has 4 heteroatoms. The molecule has 0 spiro atoms. The van der Waals surface area contributed by atoms with Crippen LogP contribution in [0.5, 0.6) is 0 Å². The van der Waals surface area contributed by atoms with E-state index in [0.29, 0.717) is 24.8 Å². The minimum absolute atomic E-state index is 0.0455. The first-order valence-electron chi connectivity index (χ1n) is 7.53. The standard InChI is InChI=1S/C15H25NO3/c1-3-10-6-12(13(7-10)15(18)19)14(17)16-8-9(2)11-4-5-11/h9-13H,3-8H2,1-2H3,(H,16,17)(H,18,19). The van der Waals surface area contributed by atoms with Crippen LogP contribution in [0.4, 0.5) is 0 Å². The van der Waals surface area contributed by atoms with Crippen molar-refractivity contribution in [2.24, 2.45) is 29.6 Å². The molecule has 0 aliphatic heterocycles. The van der Waals surface area contributed by atoms with Gasteiger partial charge >= 0.3 is 5.97 Å². The average molecular weight is 267 g/mol. The number of carboxylic acid groups (broad SMARTS) is 1. The Morgan fingerprint density at radius 2 is 1.89 bits per heavy atom. The van der Waals surface area contributed by atoms with Gasteiger partial charge in [-0.25, -0.2) is 0 Å². The van der Waals surface area contributed by atoms with Crippen molar-refractivity contribution in [2.45, 2.75) is 46.0 Å². The summed E-state index contributed by atoms with van der Waals surface area (Å²) in [5.41, 5.74) is 0. The summed E-state index contributed by atoms with van der Waals surface area (Å²) in [6, 6.07) is 0. The predicted octanol–water partition coefficient (Wildman–Crippen LogP) is 2.29. The van der Waals surface area contributed by atoms with Gasteiger partial charge in [0.2, 0.25) is 5.91 Å². The number of amides is 1. The van der Waals surface area contributed by atoms with Crippen LogP contribution in [-0.2, 0) is 9.59 Å². The molecule has 108 valence electrons. The van der Waals surface area contributed by atoms with Crippen LogP contribution in [0.1, 0.15) is 46.0 Å². The molecule has 0 aromatic heterocycles. The van der Waals surface area contributed by atoms with E-state index in [1.165, 1.54) is 12.8 Å². The third-order valence-electron chi connectivity index (χ3n) is 4.92. The molecule has 2 N–H and O–H groups in total. The molecule has 4 atom stereocenters. The van der Waals surface area contributed by atoms with Crippen LogP contribution in [-0.4, -0.2) is 23.5 Å². The Balaban J connectivity index is 1.86. The number of rotatable bonds is 6. The van der Waals surface area contributed by atoms with E-state index in [4.69, 9.17) is 0 Å². The Bertz CT molecular complexity index is 351. The maximum atomic E-state index is 12.2. The summed E-state index contributed by atoms with van der Waals surface area (Å²) < 4.78 is 0. The number of hydrogen-bond acceptors (Lipinski definition) is 2. The van der Waals surface area contributed by atoms with E-state index >= 15 is 0 Å². The molecular weight excluding hydrogens is 242 g/mol. The lowest BCUT2D eigenvalue weighted by Crippen LogP contribution is -2.37. The topological polar surface area (TPSA) is 66.4 Å². The molecule has 0 radical (unpaired) electrons. The third kappa shape index (κ3) is 3.48. The van der Waals surface area contributed by atoms with Gasteiger partial charge in [0.15, 0.2) is 0 Å². The van der Waals surface area contributed by atoms with Gasteiger partial charge < -0.3 is 10.4 Å². The van der Waals surface area contributed by atoms with Crippen LogP contribution in [0.15, 0.2) is 0 Å². The molecule has 2 aliphatic rings. The van der Waals surface area contributed by atoms with E-state index < -0.39 is 11.9 Å². The van der Waals surface area contributed by atoms with Crippen molar-refractivity contribution in [1.82, 2.24) is 5.32 Å². The van der Waals surface area contributed by atoms with Crippen LogP contribution in [0.3, 0.4) is 0 Å². The van der Waals surface area contributed by atoms with E-state index in [1.54, 1.807) is 0 Å². The lowest BCUT2D eigenvalue weighted by atomic mass is 9.95. The number of carbonyl (C=O) groups excluding carboxylic acids is 1. The molecular formula is C15H25NO3. The van der Waals surface area contributed by atoms with Crippen molar-refractivity contribution < 1.29 is 14.7 Å². The third-order valence-corrected chi connectivity index (χ3v) is 4.92. The summed E-state index contributed by atoms with van der Waals surface area (Å²) in [4.78, 5) is 23.4. The van der Waals surface area contributed by atoms with Gasteiger partial charge in [0, 0.05) is 6.54 Å². The summed E-state index contributed by atoms with van der Waals surface area (Å²) in [5, 5.41) is 12.2. The Morgan fingerprint density at radius 1 is 1.26 bits per heavy atom. The number of nitrogens with one attached hydrogen (secondary N) is 1. The van der Waals surface area contributed by atoms with Crippen LogP contribution < -0.4 is 5.32 Å². The van der Waals surface area contributed by atoms with Gasteiger partial charge in [0.05, 0.1) is 11.8 Å². The fourth-order valence-electron chi connectivity index (χ4n) is 3.26. The van der Waals surface area contributed by atoms with Crippen molar-refractivity contribution in [3.8, 4) is 0 Å². The first-order chi connectivity index (χ1) is 9.02. The molecule has 0 aromatic rings. The summed E-state index contributed by atoms with van der Waals surface area (Å²) in [6.45, 7) is 4.93. The van der Waals surface area contributed by atoms with E-state index in [0.717, 1.165) is 18.8 Å². The largest absolute Gasteiger partial charge is 0.481 e. The van der Waals surface area contributed by atoms with Crippen molar-refractivity contribution in [3.63, 3.8) is 0 Å². The molecule has 0 bridgehead atoms. The highest BCUT2D eigenvalue weighted by Crippen LogP contribution is 2.39. The molecule has 1 amide bonds. The van der Waals surface area contributed by atoms with Crippen LogP contribution in [0.2, 0.25) is 0 Å². The number of hydrogen-bond donors (Lipinski definition) is 2. The minimum Gasteiger partial charge on any atom is -0.481 e. The summed E-state index contributed by atoms with van der Waals surface area (Å²) in [6.07, 6.45) is 4.90. The zero-order valence-electron chi connectivity index (χ0n) is 11.9. The van der Waals surface area contributed by atoms with Crippen molar-refractivity contribution in [2.75, 3.05) is 6.54 Å². The summed E-state index contributed by atoms with van der Waals surface area (Å²) in [5.74, 6) is 0.00748. The van der Waals surface area contributed by atoms with Gasteiger partial charge in [0.1, 0.15) is 0 Å². The Hall–Kier alpha value is -1.06. The highest BCUT2D eigenvalue weighted by molar-refractivity contribution is 5.85. The Kier molecular flexibility index (Phi) is 4.48. The zero-order chi connectivity index (χ0) is 14.0. The molecule has 19 heavy (non-hydrogen) atoms. The van der Waals surface area contributed by atoms with Crippen LogP contribution >= 0.6 is 0 Å². The second kappa shape index (κ2) is 5.93. The molecule has 2 rings (SSSR count). The molecule has 2 saturated carbocycles. The molecule has 0 aromatic carbocycles. The molecule has 2 fully saturated rings. The fourth-order valence-corrected chi connectivity index (χ4v) is 3.26. The highest BCUT2D eigenvalue weighted by atomic mass is 16.4. The average Bonchev–Trinajstić information content (AvgIpc) is 3.13. The molecule has 4 nitrogen and oxygen atoms in total. The van der Waals surface area contributed by atoms with Crippen molar-refractivity contribution in [3.05, 3.63) is 0 Å². The van der Waals surface area contributed by atoms with Gasteiger partial charge in [-0.2, -0.15) is 0 Å². The lowest BCUT2D eigenvalue weighted by molar-refractivity contribution is -0.146. The Morgan fingerprint density at radius 3 is 2.42 bits per heavy atom. The molecule has 2 aliphatic carbocycles. The first kappa shape index (κ1) is 14.4. The van der Waals surface area contributed by atoms with Gasteiger partial charge in [-0.05, 0) is 43.4 Å². The summed E-state index contributed by atoms with van der Waals surface area (Å²) in [7, 11) is 0. The quantitative estimate of drug-likeness (QED) is 0.776. The fraction of sp³-hybridized carbons (Fsp3) is 0.867. The van der Waals surface area contributed by atoms with Gasteiger partial charge in [-0.1, -0.05) is 20.3 Å². The minimum atomic E-state index is -0.814. The molecule has 0 saturated heterocycles. The zero-order valence-corrected chi connectivity index (χ0v) is 11.9. The maximum absolute atomic E-state index is 12.2. The van der Waals surface area contributed by atoms with Crippen molar-refractivity contribution >= 4 is 11.9 Å². The number of carboxylic acids is 1. The second-order valence-electron chi connectivity index (χ2n) is 6.36. The van der Waals surface area contributed by atoms with Gasteiger partial charge in [0.25, 0.3) is 0 Å². The second-order valence-corrected chi connectivity index (χ2v) is 6.36. The number of carbonyl (C=O) groups is 2.